The zero-order valence-corrected chi connectivity index (χ0v) is 12.1. The Labute approximate surface area is 112 Å². The fourth-order valence-electron chi connectivity index (χ4n) is 2.28. The largest absolute Gasteiger partial charge is 0.329 e. The van der Waals surface area contributed by atoms with Crippen LogP contribution >= 0.6 is 11.3 Å². The maximum Gasteiger partial charge on any atom is 0.317 e. The minimum absolute atomic E-state index is 0.00608. The minimum Gasteiger partial charge on any atom is -0.329 e. The second-order valence-corrected chi connectivity index (χ2v) is 6.08. The highest BCUT2D eigenvalue weighted by molar-refractivity contribution is 7.09. The average molecular weight is 267 g/mol. The molecular formula is C13H21N3OS. The van der Waals surface area contributed by atoms with Crippen molar-refractivity contribution in [2.24, 2.45) is 5.92 Å². The molecule has 0 spiro atoms. The van der Waals surface area contributed by atoms with Crippen molar-refractivity contribution in [3.05, 3.63) is 16.1 Å². The number of hydrogen-bond donors (Lipinski definition) is 1. The summed E-state index contributed by atoms with van der Waals surface area (Å²) in [5.74, 6) is 0.613. The summed E-state index contributed by atoms with van der Waals surface area (Å²) in [5.41, 5.74) is 1.02. The zero-order chi connectivity index (χ0) is 13.1. The van der Waals surface area contributed by atoms with Gasteiger partial charge >= 0.3 is 6.03 Å². The van der Waals surface area contributed by atoms with E-state index in [4.69, 9.17) is 0 Å². The summed E-state index contributed by atoms with van der Waals surface area (Å²) in [6.45, 7) is 7.91. The monoisotopic (exact) mass is 267 g/mol. The van der Waals surface area contributed by atoms with Crippen molar-refractivity contribution in [2.75, 3.05) is 13.1 Å². The highest BCUT2D eigenvalue weighted by Crippen LogP contribution is 2.19. The van der Waals surface area contributed by atoms with Crippen molar-refractivity contribution in [2.45, 2.75) is 39.7 Å². The van der Waals surface area contributed by atoms with Crippen LogP contribution in [-0.4, -0.2) is 29.0 Å². The molecule has 2 atom stereocenters. The molecule has 2 rings (SSSR count). The first-order valence-electron chi connectivity index (χ1n) is 6.53. The third-order valence-electron chi connectivity index (χ3n) is 3.29. The molecule has 1 aliphatic heterocycles. The first kappa shape index (κ1) is 13.3. The van der Waals surface area contributed by atoms with E-state index < -0.39 is 0 Å². The van der Waals surface area contributed by atoms with Crippen molar-refractivity contribution >= 4 is 17.4 Å². The van der Waals surface area contributed by atoms with Gasteiger partial charge in [0.2, 0.25) is 0 Å². The van der Waals surface area contributed by atoms with E-state index in [-0.39, 0.29) is 12.1 Å². The van der Waals surface area contributed by atoms with Crippen LogP contribution in [0.1, 0.15) is 43.4 Å². The van der Waals surface area contributed by atoms with Gasteiger partial charge in [-0.15, -0.1) is 11.3 Å². The van der Waals surface area contributed by atoms with Crippen molar-refractivity contribution in [3.63, 3.8) is 0 Å². The van der Waals surface area contributed by atoms with E-state index in [0.29, 0.717) is 5.92 Å². The van der Waals surface area contributed by atoms with E-state index in [1.54, 1.807) is 11.3 Å². The van der Waals surface area contributed by atoms with E-state index in [1.165, 1.54) is 6.42 Å². The predicted octanol–water partition coefficient (Wildman–Crippen LogP) is 2.95. The molecular weight excluding hydrogens is 246 g/mol. The zero-order valence-electron chi connectivity index (χ0n) is 11.3. The number of carbonyl (C=O) groups excluding carboxylic acids is 1. The van der Waals surface area contributed by atoms with Gasteiger partial charge in [-0.05, 0) is 32.6 Å². The van der Waals surface area contributed by atoms with E-state index in [2.05, 4.69) is 17.2 Å². The van der Waals surface area contributed by atoms with Gasteiger partial charge in [-0.3, -0.25) is 0 Å². The van der Waals surface area contributed by atoms with Crippen molar-refractivity contribution < 1.29 is 4.79 Å². The van der Waals surface area contributed by atoms with Gasteiger partial charge in [0, 0.05) is 24.2 Å². The maximum absolute atomic E-state index is 12.1. The number of amides is 2. The Bertz CT molecular complexity index is 418. The lowest BCUT2D eigenvalue weighted by molar-refractivity contribution is 0.167. The summed E-state index contributed by atoms with van der Waals surface area (Å²) in [4.78, 5) is 18.5. The lowest BCUT2D eigenvalue weighted by atomic mass is 10.0. The Morgan fingerprint density at radius 3 is 3.06 bits per heavy atom. The number of rotatable bonds is 2. The number of piperidine rings is 1. The van der Waals surface area contributed by atoms with Gasteiger partial charge in [0.25, 0.3) is 0 Å². The number of nitrogens with one attached hydrogen (secondary N) is 1. The standard InChI is InChI=1S/C13H21N3OS/c1-9-5-4-6-16(7-9)13(17)15-11(3)12-14-10(2)8-18-12/h8-9,11H,4-7H2,1-3H3,(H,15,17). The summed E-state index contributed by atoms with van der Waals surface area (Å²) in [7, 11) is 0. The molecule has 0 aromatic carbocycles. The first-order chi connectivity index (χ1) is 8.56. The van der Waals surface area contributed by atoms with Gasteiger partial charge in [-0.1, -0.05) is 6.92 Å². The van der Waals surface area contributed by atoms with Crippen LogP contribution in [0.2, 0.25) is 0 Å². The molecule has 100 valence electrons. The minimum atomic E-state index is -0.00608. The van der Waals surface area contributed by atoms with E-state index in [1.807, 2.05) is 24.1 Å². The topological polar surface area (TPSA) is 45.2 Å². The Morgan fingerprint density at radius 1 is 1.67 bits per heavy atom. The molecule has 2 amide bonds. The number of thiazole rings is 1. The smallest absolute Gasteiger partial charge is 0.317 e. The van der Waals surface area contributed by atoms with Crippen molar-refractivity contribution in [1.29, 1.82) is 0 Å². The summed E-state index contributed by atoms with van der Waals surface area (Å²) in [6, 6.07) is 0.0373. The van der Waals surface area contributed by atoms with Crippen LogP contribution < -0.4 is 5.32 Å². The van der Waals surface area contributed by atoms with Gasteiger partial charge in [0.1, 0.15) is 5.01 Å². The quantitative estimate of drug-likeness (QED) is 0.895. The normalized spacial score (nSPS) is 21.7. The van der Waals surface area contributed by atoms with Gasteiger partial charge in [-0.2, -0.15) is 0 Å². The molecule has 5 heteroatoms. The number of nitrogens with zero attached hydrogens (tertiary/aromatic N) is 2. The summed E-state index contributed by atoms with van der Waals surface area (Å²) < 4.78 is 0. The molecule has 18 heavy (non-hydrogen) atoms. The molecule has 1 N–H and O–H groups in total. The highest BCUT2D eigenvalue weighted by Gasteiger charge is 2.22. The van der Waals surface area contributed by atoms with Crippen molar-refractivity contribution in [1.82, 2.24) is 15.2 Å². The van der Waals surface area contributed by atoms with Gasteiger partial charge in [-0.25, -0.2) is 9.78 Å². The van der Waals surface area contributed by atoms with E-state index >= 15 is 0 Å². The van der Waals surface area contributed by atoms with E-state index in [9.17, 15) is 4.79 Å². The first-order valence-corrected chi connectivity index (χ1v) is 7.41. The summed E-state index contributed by atoms with van der Waals surface area (Å²) in [5, 5.41) is 6.03. The third-order valence-corrected chi connectivity index (χ3v) is 4.44. The molecule has 2 heterocycles. The second-order valence-electron chi connectivity index (χ2n) is 5.19. The van der Waals surface area contributed by atoms with E-state index in [0.717, 1.165) is 30.2 Å². The summed E-state index contributed by atoms with van der Waals surface area (Å²) in [6.07, 6.45) is 2.34. The Kier molecular flexibility index (Phi) is 4.22. The molecule has 1 fully saturated rings. The highest BCUT2D eigenvalue weighted by atomic mass is 32.1. The fourth-order valence-corrected chi connectivity index (χ4v) is 3.09. The Hall–Kier alpha value is -1.10. The molecule has 1 aromatic rings. The SMILES string of the molecule is Cc1csc(C(C)NC(=O)N2CCCC(C)C2)n1. The number of aromatic nitrogens is 1. The van der Waals surface area contributed by atoms with Crippen LogP contribution in [-0.2, 0) is 0 Å². The Morgan fingerprint density at radius 2 is 2.44 bits per heavy atom. The molecule has 2 unspecified atom stereocenters. The number of carbonyl (C=O) groups is 1. The molecule has 0 radical (unpaired) electrons. The molecule has 0 saturated carbocycles. The van der Waals surface area contributed by atoms with Crippen LogP contribution in [0.4, 0.5) is 4.79 Å². The predicted molar refractivity (Wildman–Crippen MR) is 73.8 cm³/mol. The van der Waals surface area contributed by atoms with Crippen LogP contribution in [0.25, 0.3) is 0 Å². The van der Waals surface area contributed by atoms with Crippen molar-refractivity contribution in [3.8, 4) is 0 Å². The lowest BCUT2D eigenvalue weighted by Gasteiger charge is -2.31. The molecule has 0 aliphatic carbocycles. The van der Waals surface area contributed by atoms with Gasteiger partial charge < -0.3 is 10.2 Å². The van der Waals surface area contributed by atoms with Crippen LogP contribution in [0.15, 0.2) is 5.38 Å². The molecule has 0 bridgehead atoms. The summed E-state index contributed by atoms with van der Waals surface area (Å²) >= 11 is 1.60. The number of aryl methyl sites for hydroxylation is 1. The Balaban J connectivity index is 1.90. The van der Waals surface area contributed by atoms with Crippen LogP contribution in [0.5, 0.6) is 0 Å². The van der Waals surface area contributed by atoms with Crippen LogP contribution in [0, 0.1) is 12.8 Å². The van der Waals surface area contributed by atoms with Gasteiger partial charge in [0.15, 0.2) is 0 Å². The lowest BCUT2D eigenvalue weighted by Crippen LogP contribution is -2.45. The van der Waals surface area contributed by atoms with Crippen LogP contribution in [0.3, 0.4) is 0 Å². The fraction of sp³-hybridized carbons (Fsp3) is 0.692. The number of urea groups is 1. The number of likely N-dealkylation sites (tertiary alicyclic amines) is 1. The maximum atomic E-state index is 12.1. The molecule has 1 aromatic heterocycles. The van der Waals surface area contributed by atoms with Gasteiger partial charge in [0.05, 0.1) is 6.04 Å². The molecule has 1 saturated heterocycles. The molecule has 1 aliphatic rings. The molecule has 4 nitrogen and oxygen atoms in total. The number of hydrogen-bond acceptors (Lipinski definition) is 3. The average Bonchev–Trinajstić information content (AvgIpc) is 2.76. The second kappa shape index (κ2) is 5.69. The third kappa shape index (κ3) is 3.22.